The summed E-state index contributed by atoms with van der Waals surface area (Å²) >= 11 is 7.21. The van der Waals surface area contributed by atoms with Crippen LogP contribution in [0.4, 0.5) is 0 Å². The summed E-state index contributed by atoms with van der Waals surface area (Å²) in [5.41, 5.74) is 1.61. The van der Waals surface area contributed by atoms with Gasteiger partial charge in [0, 0.05) is 30.3 Å². The van der Waals surface area contributed by atoms with Crippen molar-refractivity contribution in [2.24, 2.45) is 0 Å². The van der Waals surface area contributed by atoms with E-state index in [-0.39, 0.29) is 0 Å². The van der Waals surface area contributed by atoms with E-state index in [2.05, 4.69) is 68.3 Å². The number of halogens is 2. The number of furan rings is 1. The van der Waals surface area contributed by atoms with Crippen molar-refractivity contribution >= 4 is 72.6 Å². The molecule has 0 atom stereocenters. The van der Waals surface area contributed by atoms with E-state index in [4.69, 9.17) is 8.94 Å². The van der Waals surface area contributed by atoms with Gasteiger partial charge >= 0.3 is 0 Å². The van der Waals surface area contributed by atoms with Crippen LogP contribution in [0.15, 0.2) is 104 Å². The number of fused-ring (bicyclic) bond motifs is 3. The van der Waals surface area contributed by atoms with Gasteiger partial charge in [-0.3, -0.25) is 0 Å². The number of hydrogen-bond donors (Lipinski definition) is 0. The Morgan fingerprint density at radius 3 is 1.93 bits per heavy atom. The molecule has 0 saturated carbocycles. The molecule has 5 aromatic rings. The first-order valence-corrected chi connectivity index (χ1v) is 11.9. The van der Waals surface area contributed by atoms with Crippen molar-refractivity contribution in [3.05, 3.63) is 99.9 Å². The fourth-order valence-electron chi connectivity index (χ4n) is 3.33. The van der Waals surface area contributed by atoms with Crippen molar-refractivity contribution in [2.75, 3.05) is 0 Å². The molecule has 0 N–H and O–H groups in total. The molecule has 0 unspecified atom stereocenters. The third-order valence-corrected chi connectivity index (χ3v) is 7.50. The quantitative estimate of drug-likeness (QED) is 0.226. The van der Waals surface area contributed by atoms with E-state index >= 15 is 0 Å². The molecule has 2 nitrogen and oxygen atoms in total. The Hall–Kier alpha value is -2.13. The van der Waals surface area contributed by atoms with E-state index in [1.165, 1.54) is 0 Å². The SMILES string of the molecule is Brc1ccc2oc3c(OP(c4ccccc4)c4ccccc4)cc(Br)cc3c2c1. The molecule has 5 heteroatoms. The van der Waals surface area contributed by atoms with Gasteiger partial charge < -0.3 is 8.94 Å². The van der Waals surface area contributed by atoms with Crippen LogP contribution in [0, 0.1) is 0 Å². The Balaban J connectivity index is 1.68. The number of hydrogen-bond acceptors (Lipinski definition) is 2. The molecule has 0 radical (unpaired) electrons. The van der Waals surface area contributed by atoms with Gasteiger partial charge in [-0.25, -0.2) is 0 Å². The average molecular weight is 526 g/mol. The molecular weight excluding hydrogens is 511 g/mol. The van der Waals surface area contributed by atoms with Crippen LogP contribution in [-0.4, -0.2) is 0 Å². The average Bonchev–Trinajstić information content (AvgIpc) is 3.11. The minimum Gasteiger partial charge on any atom is -0.461 e. The Kier molecular flexibility index (Phi) is 5.17. The van der Waals surface area contributed by atoms with Crippen LogP contribution >= 0.6 is 40.0 Å². The molecule has 29 heavy (non-hydrogen) atoms. The van der Waals surface area contributed by atoms with Crippen molar-refractivity contribution in [1.29, 1.82) is 0 Å². The van der Waals surface area contributed by atoms with Crippen LogP contribution in [0.1, 0.15) is 0 Å². The first-order chi connectivity index (χ1) is 14.2. The fourth-order valence-corrected chi connectivity index (χ4v) is 5.86. The Morgan fingerprint density at radius 2 is 1.28 bits per heavy atom. The van der Waals surface area contributed by atoms with Gasteiger partial charge in [0.2, 0.25) is 0 Å². The van der Waals surface area contributed by atoms with E-state index in [0.29, 0.717) is 0 Å². The highest BCUT2D eigenvalue weighted by molar-refractivity contribution is 9.10. The second kappa shape index (κ2) is 7.95. The molecule has 4 aromatic carbocycles. The molecule has 1 heterocycles. The van der Waals surface area contributed by atoms with E-state index in [1.807, 2.05) is 54.6 Å². The molecule has 0 amide bonds. The summed E-state index contributed by atoms with van der Waals surface area (Å²) in [5.74, 6) is 0.737. The predicted octanol–water partition coefficient (Wildman–Crippen LogP) is 7.54. The van der Waals surface area contributed by atoms with Crippen LogP contribution in [0.2, 0.25) is 0 Å². The highest BCUT2D eigenvalue weighted by Crippen LogP contribution is 2.44. The third kappa shape index (κ3) is 3.73. The summed E-state index contributed by atoms with van der Waals surface area (Å²) in [4.78, 5) is 0. The summed E-state index contributed by atoms with van der Waals surface area (Å²) in [6.07, 6.45) is 0. The Bertz CT molecular complexity index is 1260. The Labute approximate surface area is 186 Å². The normalized spacial score (nSPS) is 11.4. The van der Waals surface area contributed by atoms with Crippen molar-refractivity contribution in [3.8, 4) is 5.75 Å². The van der Waals surface area contributed by atoms with Gasteiger partial charge in [-0.1, -0.05) is 92.5 Å². The van der Waals surface area contributed by atoms with E-state index in [0.717, 1.165) is 47.2 Å². The van der Waals surface area contributed by atoms with E-state index in [9.17, 15) is 0 Å². The molecule has 5 rings (SSSR count). The van der Waals surface area contributed by atoms with Crippen LogP contribution in [-0.2, 0) is 0 Å². The van der Waals surface area contributed by atoms with Crippen LogP contribution in [0.3, 0.4) is 0 Å². The van der Waals surface area contributed by atoms with Gasteiger partial charge in [0.1, 0.15) is 5.58 Å². The first-order valence-electron chi connectivity index (χ1n) is 9.08. The van der Waals surface area contributed by atoms with Crippen LogP contribution in [0.25, 0.3) is 21.9 Å². The maximum atomic E-state index is 6.67. The molecule has 0 aliphatic rings. The minimum atomic E-state index is -1.04. The highest BCUT2D eigenvalue weighted by Gasteiger charge is 2.21. The van der Waals surface area contributed by atoms with E-state index in [1.54, 1.807) is 0 Å². The fraction of sp³-hybridized carbons (Fsp3) is 0. The highest BCUT2D eigenvalue weighted by atomic mass is 79.9. The zero-order valence-corrected chi connectivity index (χ0v) is 19.2. The lowest BCUT2D eigenvalue weighted by atomic mass is 10.1. The predicted molar refractivity (Wildman–Crippen MR) is 129 cm³/mol. The van der Waals surface area contributed by atoms with Gasteiger partial charge in [-0.2, -0.15) is 0 Å². The zero-order valence-electron chi connectivity index (χ0n) is 15.2. The van der Waals surface area contributed by atoms with E-state index < -0.39 is 8.15 Å². The zero-order chi connectivity index (χ0) is 19.8. The molecule has 0 bridgehead atoms. The maximum Gasteiger partial charge on any atom is 0.177 e. The lowest BCUT2D eigenvalue weighted by Crippen LogP contribution is -2.15. The topological polar surface area (TPSA) is 22.4 Å². The lowest BCUT2D eigenvalue weighted by molar-refractivity contribution is 0.595. The smallest absolute Gasteiger partial charge is 0.177 e. The monoisotopic (exact) mass is 524 g/mol. The van der Waals surface area contributed by atoms with Crippen molar-refractivity contribution < 1.29 is 8.94 Å². The van der Waals surface area contributed by atoms with Gasteiger partial charge in [0.25, 0.3) is 0 Å². The minimum absolute atomic E-state index is 0.737. The first kappa shape index (κ1) is 18.9. The molecule has 0 spiro atoms. The van der Waals surface area contributed by atoms with Gasteiger partial charge in [0.05, 0.1) is 0 Å². The maximum absolute atomic E-state index is 6.67. The van der Waals surface area contributed by atoms with Gasteiger partial charge in [-0.05, 0) is 30.3 Å². The lowest BCUT2D eigenvalue weighted by Gasteiger charge is -2.19. The number of benzene rings is 4. The van der Waals surface area contributed by atoms with Crippen molar-refractivity contribution in [1.82, 2.24) is 0 Å². The molecule has 0 saturated heterocycles. The van der Waals surface area contributed by atoms with Crippen LogP contribution < -0.4 is 15.1 Å². The summed E-state index contributed by atoms with van der Waals surface area (Å²) in [7, 11) is -1.04. The van der Waals surface area contributed by atoms with Crippen molar-refractivity contribution in [2.45, 2.75) is 0 Å². The summed E-state index contributed by atoms with van der Waals surface area (Å²) < 4.78 is 14.9. The molecule has 1 aromatic heterocycles. The largest absolute Gasteiger partial charge is 0.461 e. The molecular formula is C24H15Br2O2P. The van der Waals surface area contributed by atoms with Crippen LogP contribution in [0.5, 0.6) is 5.75 Å². The second-order valence-electron chi connectivity index (χ2n) is 6.58. The number of rotatable bonds is 4. The third-order valence-electron chi connectivity index (χ3n) is 4.63. The second-order valence-corrected chi connectivity index (χ2v) is 10.2. The summed E-state index contributed by atoms with van der Waals surface area (Å²) in [5, 5.41) is 4.40. The molecule has 142 valence electrons. The van der Waals surface area contributed by atoms with Crippen molar-refractivity contribution in [3.63, 3.8) is 0 Å². The Morgan fingerprint density at radius 1 is 0.655 bits per heavy atom. The molecule has 0 fully saturated rings. The molecule has 0 aliphatic carbocycles. The summed E-state index contributed by atoms with van der Waals surface area (Å²) in [6.45, 7) is 0. The van der Waals surface area contributed by atoms with Gasteiger partial charge in [0.15, 0.2) is 19.5 Å². The van der Waals surface area contributed by atoms with Gasteiger partial charge in [-0.15, -0.1) is 0 Å². The standard InChI is InChI=1S/C24H15Br2O2P/c25-16-11-12-22-20(13-16)21-14-17(26)15-23(24(21)27-22)28-29(18-7-3-1-4-8-18)19-9-5-2-6-10-19/h1-15H. The molecule has 0 aliphatic heterocycles. The summed E-state index contributed by atoms with van der Waals surface area (Å²) in [6, 6.07) is 30.8.